The van der Waals surface area contributed by atoms with Crippen LogP contribution >= 0.6 is 0 Å². The molecule has 2 rings (SSSR count). The molecule has 0 unspecified atom stereocenters. The summed E-state index contributed by atoms with van der Waals surface area (Å²) in [4.78, 5) is 12.2. The zero-order valence-corrected chi connectivity index (χ0v) is 15.1. The van der Waals surface area contributed by atoms with E-state index in [-0.39, 0.29) is 5.91 Å². The lowest BCUT2D eigenvalue weighted by molar-refractivity contribution is 0.0953. The van der Waals surface area contributed by atoms with Crippen molar-refractivity contribution in [3.8, 4) is 5.75 Å². The highest BCUT2D eigenvalue weighted by Crippen LogP contribution is 2.18. The van der Waals surface area contributed by atoms with Crippen molar-refractivity contribution in [3.63, 3.8) is 0 Å². The van der Waals surface area contributed by atoms with E-state index < -0.39 is 0 Å². The zero-order chi connectivity index (χ0) is 17.5. The number of hydrogen-bond acceptors (Lipinski definition) is 2. The Bertz CT molecular complexity index is 675. The van der Waals surface area contributed by atoms with Gasteiger partial charge in [0.05, 0.1) is 7.11 Å². The fourth-order valence-electron chi connectivity index (χ4n) is 2.69. The van der Waals surface area contributed by atoms with Crippen LogP contribution in [0.4, 0.5) is 0 Å². The Labute approximate surface area is 145 Å². The van der Waals surface area contributed by atoms with Crippen LogP contribution < -0.4 is 10.1 Å². The van der Waals surface area contributed by atoms with Crippen molar-refractivity contribution in [2.45, 2.75) is 39.5 Å². The van der Waals surface area contributed by atoms with E-state index in [1.807, 2.05) is 19.1 Å². The molecule has 128 valence electrons. The first-order valence-corrected chi connectivity index (χ1v) is 8.53. The summed E-state index contributed by atoms with van der Waals surface area (Å²) in [5.74, 6) is 1.33. The predicted molar refractivity (Wildman–Crippen MR) is 98.9 cm³/mol. The van der Waals surface area contributed by atoms with Crippen molar-refractivity contribution in [2.24, 2.45) is 0 Å². The number of carbonyl (C=O) groups is 1. The Morgan fingerprint density at radius 1 is 1.12 bits per heavy atom. The molecule has 0 aliphatic heterocycles. The maximum Gasteiger partial charge on any atom is 0.251 e. The first-order valence-electron chi connectivity index (χ1n) is 8.53. The lowest BCUT2D eigenvalue weighted by Crippen LogP contribution is -2.24. The van der Waals surface area contributed by atoms with Crippen LogP contribution in [0, 0.1) is 6.92 Å². The van der Waals surface area contributed by atoms with Gasteiger partial charge in [0.1, 0.15) is 5.75 Å². The summed E-state index contributed by atoms with van der Waals surface area (Å²) < 4.78 is 5.22. The molecule has 2 aromatic rings. The van der Waals surface area contributed by atoms with E-state index in [0.717, 1.165) is 24.2 Å². The first-order chi connectivity index (χ1) is 11.5. The number of hydrogen-bond donors (Lipinski definition) is 1. The first kappa shape index (κ1) is 18.1. The Balaban J connectivity index is 1.79. The van der Waals surface area contributed by atoms with Crippen LogP contribution in [-0.4, -0.2) is 19.6 Å². The van der Waals surface area contributed by atoms with Gasteiger partial charge in [0.25, 0.3) is 5.91 Å². The van der Waals surface area contributed by atoms with Gasteiger partial charge in [-0.25, -0.2) is 0 Å². The van der Waals surface area contributed by atoms with E-state index in [1.54, 1.807) is 13.2 Å². The van der Waals surface area contributed by atoms with Gasteiger partial charge in [-0.1, -0.05) is 38.1 Å². The molecule has 0 radical (unpaired) electrons. The molecule has 0 aliphatic rings. The average molecular weight is 325 g/mol. The lowest BCUT2D eigenvalue weighted by atomic mass is 10.0. The number of ether oxygens (including phenoxy) is 1. The van der Waals surface area contributed by atoms with Gasteiger partial charge in [0.2, 0.25) is 0 Å². The highest BCUT2D eigenvalue weighted by molar-refractivity contribution is 5.94. The molecule has 0 aliphatic carbocycles. The summed E-state index contributed by atoms with van der Waals surface area (Å²) >= 11 is 0. The third-order valence-electron chi connectivity index (χ3n) is 4.23. The van der Waals surface area contributed by atoms with E-state index >= 15 is 0 Å². The number of methoxy groups -OCH3 is 1. The number of carbonyl (C=O) groups excluding carboxylic acids is 1. The highest BCUT2D eigenvalue weighted by atomic mass is 16.5. The normalized spacial score (nSPS) is 10.7. The molecular formula is C21H27NO2. The maximum atomic E-state index is 12.2. The Kier molecular flexibility index (Phi) is 6.42. The third kappa shape index (κ3) is 4.85. The lowest BCUT2D eigenvalue weighted by Gasteiger charge is -2.09. The summed E-state index contributed by atoms with van der Waals surface area (Å²) in [5, 5.41) is 2.98. The van der Waals surface area contributed by atoms with E-state index in [0.29, 0.717) is 18.0 Å². The van der Waals surface area contributed by atoms with Crippen LogP contribution in [0.2, 0.25) is 0 Å². The SMILES string of the molecule is COc1ccc(C(=O)NCCCc2ccc(C(C)C)cc2)cc1C. The van der Waals surface area contributed by atoms with Gasteiger partial charge in [0.15, 0.2) is 0 Å². The highest BCUT2D eigenvalue weighted by Gasteiger charge is 2.07. The van der Waals surface area contributed by atoms with Gasteiger partial charge in [-0.3, -0.25) is 4.79 Å². The maximum absolute atomic E-state index is 12.2. The van der Waals surface area contributed by atoms with Crippen LogP contribution in [0.1, 0.15) is 53.2 Å². The van der Waals surface area contributed by atoms with Crippen molar-refractivity contribution in [2.75, 3.05) is 13.7 Å². The minimum Gasteiger partial charge on any atom is -0.496 e. The van der Waals surface area contributed by atoms with Crippen LogP contribution in [-0.2, 0) is 6.42 Å². The van der Waals surface area contributed by atoms with Gasteiger partial charge < -0.3 is 10.1 Å². The minimum absolute atomic E-state index is 0.0316. The predicted octanol–water partition coefficient (Wildman–Crippen LogP) is 4.49. The Morgan fingerprint density at radius 3 is 2.42 bits per heavy atom. The van der Waals surface area contributed by atoms with Gasteiger partial charge in [-0.05, 0) is 60.6 Å². The fourth-order valence-corrected chi connectivity index (χ4v) is 2.69. The molecule has 3 nitrogen and oxygen atoms in total. The molecule has 2 aromatic carbocycles. The van der Waals surface area contributed by atoms with Gasteiger partial charge in [0, 0.05) is 12.1 Å². The van der Waals surface area contributed by atoms with Crippen molar-refractivity contribution in [3.05, 3.63) is 64.7 Å². The number of nitrogens with one attached hydrogen (secondary N) is 1. The molecule has 0 spiro atoms. The van der Waals surface area contributed by atoms with Crippen LogP contribution in [0.15, 0.2) is 42.5 Å². The molecule has 1 N–H and O–H groups in total. The number of amides is 1. The summed E-state index contributed by atoms with van der Waals surface area (Å²) in [6.07, 6.45) is 1.90. The summed E-state index contributed by atoms with van der Waals surface area (Å²) in [6, 6.07) is 14.2. The Hall–Kier alpha value is -2.29. The summed E-state index contributed by atoms with van der Waals surface area (Å²) in [7, 11) is 1.63. The Morgan fingerprint density at radius 2 is 1.83 bits per heavy atom. The molecular weight excluding hydrogens is 298 g/mol. The third-order valence-corrected chi connectivity index (χ3v) is 4.23. The van der Waals surface area contributed by atoms with Crippen LogP contribution in [0.25, 0.3) is 0 Å². The van der Waals surface area contributed by atoms with Crippen molar-refractivity contribution in [1.82, 2.24) is 5.32 Å². The van der Waals surface area contributed by atoms with E-state index in [1.165, 1.54) is 11.1 Å². The van der Waals surface area contributed by atoms with Gasteiger partial charge >= 0.3 is 0 Å². The molecule has 0 aromatic heterocycles. The van der Waals surface area contributed by atoms with Crippen molar-refractivity contribution < 1.29 is 9.53 Å². The van der Waals surface area contributed by atoms with E-state index in [2.05, 4.69) is 43.4 Å². The molecule has 0 heterocycles. The molecule has 3 heteroatoms. The van der Waals surface area contributed by atoms with E-state index in [9.17, 15) is 4.79 Å². The largest absolute Gasteiger partial charge is 0.496 e. The van der Waals surface area contributed by atoms with Crippen LogP contribution in [0.5, 0.6) is 5.75 Å². The molecule has 0 saturated heterocycles. The molecule has 1 amide bonds. The van der Waals surface area contributed by atoms with Gasteiger partial charge in [-0.15, -0.1) is 0 Å². The average Bonchev–Trinajstić information content (AvgIpc) is 2.58. The second-order valence-corrected chi connectivity index (χ2v) is 6.44. The fraction of sp³-hybridized carbons (Fsp3) is 0.381. The zero-order valence-electron chi connectivity index (χ0n) is 15.1. The molecule has 24 heavy (non-hydrogen) atoms. The van der Waals surface area contributed by atoms with Gasteiger partial charge in [-0.2, -0.15) is 0 Å². The topological polar surface area (TPSA) is 38.3 Å². The molecule has 0 saturated carbocycles. The monoisotopic (exact) mass is 325 g/mol. The minimum atomic E-state index is -0.0316. The number of rotatable bonds is 7. The second-order valence-electron chi connectivity index (χ2n) is 6.44. The quantitative estimate of drug-likeness (QED) is 0.762. The summed E-state index contributed by atoms with van der Waals surface area (Å²) in [5.41, 5.74) is 4.32. The second kappa shape index (κ2) is 8.53. The van der Waals surface area contributed by atoms with E-state index in [4.69, 9.17) is 4.74 Å². The van der Waals surface area contributed by atoms with Crippen molar-refractivity contribution in [1.29, 1.82) is 0 Å². The number of benzene rings is 2. The van der Waals surface area contributed by atoms with Crippen LogP contribution in [0.3, 0.4) is 0 Å². The number of aryl methyl sites for hydroxylation is 2. The molecule has 0 atom stereocenters. The van der Waals surface area contributed by atoms with Crippen molar-refractivity contribution >= 4 is 5.91 Å². The molecule has 0 bridgehead atoms. The standard InChI is InChI=1S/C21H27NO2/c1-15(2)18-9-7-17(8-10-18)6-5-13-22-21(23)19-11-12-20(24-4)16(3)14-19/h7-12,14-15H,5-6,13H2,1-4H3,(H,22,23). The molecule has 0 fully saturated rings. The summed E-state index contributed by atoms with van der Waals surface area (Å²) in [6.45, 7) is 7.02. The smallest absolute Gasteiger partial charge is 0.251 e.